The Morgan fingerprint density at radius 2 is 2.04 bits per heavy atom. The number of carbonyl (C=O) groups excluding carboxylic acids is 1. The van der Waals surface area contributed by atoms with Crippen molar-refractivity contribution in [3.05, 3.63) is 51.2 Å². The molecule has 23 heavy (non-hydrogen) atoms. The first-order chi connectivity index (χ1) is 11.0. The van der Waals surface area contributed by atoms with E-state index in [2.05, 4.69) is 15.3 Å². The molecule has 0 spiro atoms. The quantitative estimate of drug-likeness (QED) is 0.760. The lowest BCUT2D eigenvalue weighted by Crippen LogP contribution is -2.22. The normalized spacial score (nSPS) is 10.9. The van der Waals surface area contributed by atoms with E-state index < -0.39 is 0 Å². The molecular formula is C16H15ClN4OS. The van der Waals surface area contributed by atoms with Gasteiger partial charge in [-0.25, -0.2) is 4.98 Å². The second-order valence-electron chi connectivity index (χ2n) is 5.20. The summed E-state index contributed by atoms with van der Waals surface area (Å²) in [6.07, 6.45) is 3.38. The molecule has 0 fully saturated rings. The summed E-state index contributed by atoms with van der Waals surface area (Å²) >= 11 is 7.52. The lowest BCUT2D eigenvalue weighted by Gasteiger charge is -2.05. The lowest BCUT2D eigenvalue weighted by atomic mass is 10.1. The van der Waals surface area contributed by atoms with Crippen LogP contribution in [0.15, 0.2) is 24.5 Å². The minimum absolute atomic E-state index is 0.213. The van der Waals surface area contributed by atoms with E-state index in [0.717, 1.165) is 27.0 Å². The van der Waals surface area contributed by atoms with Crippen LogP contribution in [-0.2, 0) is 6.54 Å². The summed E-state index contributed by atoms with van der Waals surface area (Å²) in [6, 6.07) is 3.70. The van der Waals surface area contributed by atoms with Crippen LogP contribution in [0.2, 0.25) is 5.02 Å². The van der Waals surface area contributed by atoms with Gasteiger partial charge in [-0.1, -0.05) is 11.6 Å². The molecule has 0 saturated heterocycles. The van der Waals surface area contributed by atoms with Crippen LogP contribution in [0.4, 0.5) is 5.69 Å². The molecule has 5 nitrogen and oxygen atoms in total. The van der Waals surface area contributed by atoms with Crippen LogP contribution >= 0.6 is 22.9 Å². The van der Waals surface area contributed by atoms with Crippen LogP contribution < -0.4 is 11.1 Å². The maximum atomic E-state index is 12.4. The molecule has 3 aromatic heterocycles. The molecule has 3 aromatic rings. The molecule has 1 amide bonds. The molecule has 3 rings (SSSR count). The van der Waals surface area contributed by atoms with Crippen LogP contribution in [0, 0.1) is 13.8 Å². The topological polar surface area (TPSA) is 80.9 Å². The summed E-state index contributed by atoms with van der Waals surface area (Å²) in [5.74, 6) is -0.213. The number of aromatic nitrogens is 2. The number of halogens is 1. The number of carbonyl (C=O) groups is 1. The lowest BCUT2D eigenvalue weighted by molar-refractivity contribution is 0.0956. The SMILES string of the molecule is Cc1nc2sc(C(=O)NCc3ccncc3)c(N)c2c(C)c1Cl. The van der Waals surface area contributed by atoms with Gasteiger partial charge in [0.15, 0.2) is 0 Å². The summed E-state index contributed by atoms with van der Waals surface area (Å²) in [4.78, 5) is 22.0. The number of nitrogens with two attached hydrogens (primary N) is 1. The highest BCUT2D eigenvalue weighted by Gasteiger charge is 2.20. The first-order valence-electron chi connectivity index (χ1n) is 7.00. The number of thiophene rings is 1. The first-order valence-corrected chi connectivity index (χ1v) is 8.20. The van der Waals surface area contributed by atoms with Gasteiger partial charge in [-0.2, -0.15) is 0 Å². The Hall–Kier alpha value is -2.18. The maximum absolute atomic E-state index is 12.4. The molecule has 118 valence electrons. The molecule has 0 aliphatic heterocycles. The van der Waals surface area contributed by atoms with Gasteiger partial charge in [0.05, 0.1) is 16.4 Å². The van der Waals surface area contributed by atoms with E-state index in [1.807, 2.05) is 26.0 Å². The number of aryl methyl sites for hydroxylation is 2. The average molecular weight is 347 g/mol. The van der Waals surface area contributed by atoms with Crippen LogP contribution in [-0.4, -0.2) is 15.9 Å². The van der Waals surface area contributed by atoms with Crippen molar-refractivity contribution in [1.82, 2.24) is 15.3 Å². The van der Waals surface area contributed by atoms with Crippen LogP contribution in [0.25, 0.3) is 10.2 Å². The summed E-state index contributed by atoms with van der Waals surface area (Å²) in [5.41, 5.74) is 9.17. The molecule has 3 heterocycles. The molecule has 0 aliphatic carbocycles. The number of nitrogen functional groups attached to an aromatic ring is 1. The number of nitrogens with one attached hydrogen (secondary N) is 1. The van der Waals surface area contributed by atoms with Gasteiger partial charge in [0.2, 0.25) is 0 Å². The molecule has 0 radical (unpaired) electrons. The zero-order valence-corrected chi connectivity index (χ0v) is 14.3. The molecular weight excluding hydrogens is 332 g/mol. The van der Waals surface area contributed by atoms with E-state index in [9.17, 15) is 4.79 Å². The van der Waals surface area contributed by atoms with Crippen molar-refractivity contribution in [1.29, 1.82) is 0 Å². The van der Waals surface area contributed by atoms with E-state index >= 15 is 0 Å². The number of nitrogens with zero attached hydrogens (tertiary/aromatic N) is 2. The van der Waals surface area contributed by atoms with E-state index in [1.54, 1.807) is 12.4 Å². The summed E-state index contributed by atoms with van der Waals surface area (Å²) in [5, 5.41) is 4.22. The minimum atomic E-state index is -0.213. The van der Waals surface area contributed by atoms with Gasteiger partial charge in [-0.15, -0.1) is 11.3 Å². The van der Waals surface area contributed by atoms with Crippen molar-refractivity contribution in [2.75, 3.05) is 5.73 Å². The van der Waals surface area contributed by atoms with Gasteiger partial charge >= 0.3 is 0 Å². The molecule has 0 unspecified atom stereocenters. The fourth-order valence-corrected chi connectivity index (χ4v) is 3.64. The van der Waals surface area contributed by atoms with Crippen molar-refractivity contribution in [3.63, 3.8) is 0 Å². The van der Waals surface area contributed by atoms with Gasteiger partial charge in [0.1, 0.15) is 9.71 Å². The van der Waals surface area contributed by atoms with Crippen LogP contribution in [0.1, 0.15) is 26.5 Å². The Kier molecular flexibility index (Phi) is 4.19. The number of hydrogen-bond donors (Lipinski definition) is 2. The predicted octanol–water partition coefficient (Wildman–Crippen LogP) is 3.47. The Labute approximate surface area is 142 Å². The Morgan fingerprint density at radius 3 is 2.74 bits per heavy atom. The fraction of sp³-hybridized carbons (Fsp3) is 0.188. The molecule has 0 bridgehead atoms. The summed E-state index contributed by atoms with van der Waals surface area (Å²) in [7, 11) is 0. The van der Waals surface area contributed by atoms with Gasteiger partial charge in [-0.05, 0) is 37.1 Å². The summed E-state index contributed by atoms with van der Waals surface area (Å²) in [6.45, 7) is 4.15. The molecule has 0 saturated carbocycles. The Morgan fingerprint density at radius 1 is 1.35 bits per heavy atom. The van der Waals surface area contributed by atoms with Crippen molar-refractivity contribution in [2.24, 2.45) is 0 Å². The number of pyridine rings is 2. The monoisotopic (exact) mass is 346 g/mol. The van der Waals surface area contributed by atoms with Gasteiger partial charge in [0.25, 0.3) is 5.91 Å². The Bertz CT molecular complexity index is 892. The highest BCUT2D eigenvalue weighted by molar-refractivity contribution is 7.21. The van der Waals surface area contributed by atoms with E-state index in [-0.39, 0.29) is 5.91 Å². The highest BCUT2D eigenvalue weighted by atomic mass is 35.5. The fourth-order valence-electron chi connectivity index (χ4n) is 2.39. The third kappa shape index (κ3) is 2.87. The van der Waals surface area contributed by atoms with Crippen molar-refractivity contribution < 1.29 is 4.79 Å². The van der Waals surface area contributed by atoms with Gasteiger partial charge in [0, 0.05) is 24.3 Å². The second kappa shape index (κ2) is 6.14. The van der Waals surface area contributed by atoms with Gasteiger partial charge < -0.3 is 11.1 Å². The predicted molar refractivity (Wildman–Crippen MR) is 93.9 cm³/mol. The molecule has 0 aromatic carbocycles. The third-order valence-corrected chi connectivity index (χ3v) is 5.28. The van der Waals surface area contributed by atoms with Crippen LogP contribution in [0.5, 0.6) is 0 Å². The average Bonchev–Trinajstić information content (AvgIpc) is 2.88. The standard InChI is InChI=1S/C16H15ClN4OS/c1-8-11-13(18)14(23-16(11)21-9(2)12(8)17)15(22)20-7-10-3-5-19-6-4-10/h3-6H,7,18H2,1-2H3,(H,20,22). The van der Waals surface area contributed by atoms with Crippen molar-refractivity contribution in [2.45, 2.75) is 20.4 Å². The zero-order valence-electron chi connectivity index (χ0n) is 12.7. The van der Waals surface area contributed by atoms with Crippen LogP contribution in [0.3, 0.4) is 0 Å². The van der Waals surface area contributed by atoms with E-state index in [1.165, 1.54) is 11.3 Å². The first kappa shape index (κ1) is 15.7. The number of amides is 1. The second-order valence-corrected chi connectivity index (χ2v) is 6.58. The third-order valence-electron chi connectivity index (χ3n) is 3.63. The Balaban J connectivity index is 1.92. The van der Waals surface area contributed by atoms with Crippen molar-refractivity contribution >= 4 is 44.7 Å². The van der Waals surface area contributed by atoms with E-state index in [4.69, 9.17) is 17.3 Å². The molecule has 7 heteroatoms. The van der Waals surface area contributed by atoms with Gasteiger partial charge in [-0.3, -0.25) is 9.78 Å². The van der Waals surface area contributed by atoms with Crippen molar-refractivity contribution in [3.8, 4) is 0 Å². The maximum Gasteiger partial charge on any atom is 0.263 e. The number of anilines is 1. The smallest absolute Gasteiger partial charge is 0.263 e. The number of rotatable bonds is 3. The summed E-state index contributed by atoms with van der Waals surface area (Å²) < 4.78 is 0. The molecule has 0 atom stereocenters. The highest BCUT2D eigenvalue weighted by Crippen LogP contribution is 2.38. The number of hydrogen-bond acceptors (Lipinski definition) is 5. The number of fused-ring (bicyclic) bond motifs is 1. The molecule has 0 aliphatic rings. The minimum Gasteiger partial charge on any atom is -0.397 e. The largest absolute Gasteiger partial charge is 0.397 e. The van der Waals surface area contributed by atoms with E-state index in [0.29, 0.717) is 22.1 Å². The zero-order chi connectivity index (χ0) is 16.6. The molecule has 3 N–H and O–H groups in total.